The van der Waals surface area contributed by atoms with Crippen molar-refractivity contribution in [1.29, 1.82) is 0 Å². The minimum Gasteiger partial charge on any atom is -0.497 e. The van der Waals surface area contributed by atoms with Gasteiger partial charge in [0, 0.05) is 24.0 Å². The summed E-state index contributed by atoms with van der Waals surface area (Å²) in [5.74, 6) is 1.37. The van der Waals surface area contributed by atoms with Crippen molar-refractivity contribution in [2.45, 2.75) is 18.9 Å². The first kappa shape index (κ1) is 18.1. The summed E-state index contributed by atoms with van der Waals surface area (Å²) < 4.78 is 16.4. The summed E-state index contributed by atoms with van der Waals surface area (Å²) in [7, 11) is 1.62. The Labute approximate surface area is 153 Å². The fourth-order valence-electron chi connectivity index (χ4n) is 2.72. The number of ether oxygens (including phenoxy) is 3. The van der Waals surface area contributed by atoms with Crippen LogP contribution in [0.15, 0.2) is 48.5 Å². The molecule has 6 heteroatoms. The molecule has 1 heterocycles. The van der Waals surface area contributed by atoms with Crippen LogP contribution in [0.4, 0.5) is 11.4 Å². The lowest BCUT2D eigenvalue weighted by molar-refractivity contribution is -0.114. The number of hydrogen-bond acceptors (Lipinski definition) is 5. The van der Waals surface area contributed by atoms with Crippen LogP contribution in [-0.2, 0) is 9.53 Å². The molecule has 1 amide bonds. The summed E-state index contributed by atoms with van der Waals surface area (Å²) in [4.78, 5) is 12.1. The Morgan fingerprint density at radius 3 is 2.73 bits per heavy atom. The molecule has 26 heavy (non-hydrogen) atoms. The summed E-state index contributed by atoms with van der Waals surface area (Å²) in [6, 6.07) is 14.8. The molecule has 0 bridgehead atoms. The molecular weight excluding hydrogens is 332 g/mol. The lowest BCUT2D eigenvalue weighted by Crippen LogP contribution is -2.21. The summed E-state index contributed by atoms with van der Waals surface area (Å²) in [5.41, 5.74) is 1.56. The molecule has 6 nitrogen and oxygen atoms in total. The maximum Gasteiger partial charge on any atom is 0.243 e. The normalized spacial score (nSPS) is 16.1. The van der Waals surface area contributed by atoms with E-state index in [1.807, 2.05) is 48.5 Å². The first-order valence-corrected chi connectivity index (χ1v) is 8.75. The van der Waals surface area contributed by atoms with E-state index in [0.717, 1.165) is 36.6 Å². The fraction of sp³-hybridized carbons (Fsp3) is 0.350. The van der Waals surface area contributed by atoms with Gasteiger partial charge in [0.05, 0.1) is 19.8 Å². The van der Waals surface area contributed by atoms with E-state index in [1.54, 1.807) is 7.11 Å². The van der Waals surface area contributed by atoms with Gasteiger partial charge in [-0.2, -0.15) is 0 Å². The molecule has 1 saturated heterocycles. The number of rotatable bonds is 8. The first-order chi connectivity index (χ1) is 12.7. The van der Waals surface area contributed by atoms with Gasteiger partial charge in [-0.3, -0.25) is 4.79 Å². The van der Waals surface area contributed by atoms with Crippen molar-refractivity contribution in [3.63, 3.8) is 0 Å². The first-order valence-electron chi connectivity index (χ1n) is 8.75. The van der Waals surface area contributed by atoms with Gasteiger partial charge in [0.1, 0.15) is 18.1 Å². The Hall–Kier alpha value is -2.73. The van der Waals surface area contributed by atoms with Gasteiger partial charge in [-0.15, -0.1) is 0 Å². The Morgan fingerprint density at radius 1 is 1.15 bits per heavy atom. The van der Waals surface area contributed by atoms with Gasteiger partial charge in [0.2, 0.25) is 5.91 Å². The fourth-order valence-corrected chi connectivity index (χ4v) is 2.72. The number of amides is 1. The van der Waals surface area contributed by atoms with Crippen LogP contribution in [0.25, 0.3) is 0 Å². The van der Waals surface area contributed by atoms with Gasteiger partial charge in [0.25, 0.3) is 0 Å². The van der Waals surface area contributed by atoms with E-state index in [2.05, 4.69) is 10.6 Å². The molecule has 1 unspecified atom stereocenters. The second kappa shape index (κ2) is 9.10. The molecule has 2 aromatic carbocycles. The standard InChI is InChI=1S/C20H24N2O4/c1-24-17-9-7-15(8-10-17)21-13-20(23)22-16-4-2-5-18(12-16)26-14-19-6-3-11-25-19/h2,4-5,7-10,12,19,21H,3,6,11,13-14H2,1H3,(H,22,23). The highest BCUT2D eigenvalue weighted by atomic mass is 16.5. The number of hydrogen-bond donors (Lipinski definition) is 2. The second-order valence-electron chi connectivity index (χ2n) is 6.10. The van der Waals surface area contributed by atoms with E-state index < -0.39 is 0 Å². The van der Waals surface area contributed by atoms with Crippen molar-refractivity contribution in [2.75, 3.05) is 37.5 Å². The summed E-state index contributed by atoms with van der Waals surface area (Å²) in [6.45, 7) is 1.52. The van der Waals surface area contributed by atoms with Crippen LogP contribution in [0.5, 0.6) is 11.5 Å². The largest absolute Gasteiger partial charge is 0.497 e. The Kier molecular flexibility index (Phi) is 6.33. The maximum atomic E-state index is 12.1. The SMILES string of the molecule is COc1ccc(NCC(=O)Nc2cccc(OCC3CCCO3)c2)cc1. The third-order valence-corrected chi connectivity index (χ3v) is 4.12. The molecule has 2 aromatic rings. The topological polar surface area (TPSA) is 68.8 Å². The molecule has 0 spiro atoms. The van der Waals surface area contributed by atoms with Gasteiger partial charge >= 0.3 is 0 Å². The highest BCUT2D eigenvalue weighted by Gasteiger charge is 2.16. The van der Waals surface area contributed by atoms with Crippen LogP contribution in [0, 0.1) is 0 Å². The molecular formula is C20H24N2O4. The number of carbonyl (C=O) groups excluding carboxylic acids is 1. The number of carbonyl (C=O) groups is 1. The summed E-state index contributed by atoms with van der Waals surface area (Å²) in [5, 5.41) is 5.94. The highest BCUT2D eigenvalue weighted by Crippen LogP contribution is 2.20. The van der Waals surface area contributed by atoms with Gasteiger partial charge in [-0.25, -0.2) is 0 Å². The van der Waals surface area contributed by atoms with Gasteiger partial charge in [-0.1, -0.05) is 6.07 Å². The molecule has 0 radical (unpaired) electrons. The molecule has 1 aliphatic rings. The molecule has 3 rings (SSSR count). The minimum absolute atomic E-state index is 0.128. The lowest BCUT2D eigenvalue weighted by atomic mass is 10.2. The van der Waals surface area contributed by atoms with E-state index in [9.17, 15) is 4.79 Å². The zero-order chi connectivity index (χ0) is 18.2. The van der Waals surface area contributed by atoms with Crippen LogP contribution < -0.4 is 20.1 Å². The summed E-state index contributed by atoms with van der Waals surface area (Å²) in [6.07, 6.45) is 2.29. The van der Waals surface area contributed by atoms with Gasteiger partial charge < -0.3 is 24.8 Å². The average molecular weight is 356 g/mol. The third-order valence-electron chi connectivity index (χ3n) is 4.12. The quantitative estimate of drug-likeness (QED) is 0.759. The molecule has 2 N–H and O–H groups in total. The average Bonchev–Trinajstić information content (AvgIpc) is 3.19. The van der Waals surface area contributed by atoms with Gasteiger partial charge in [0.15, 0.2) is 0 Å². The number of benzene rings is 2. The van der Waals surface area contributed by atoms with Crippen LogP contribution in [0.3, 0.4) is 0 Å². The predicted molar refractivity (Wildman–Crippen MR) is 101 cm³/mol. The predicted octanol–water partition coefficient (Wildman–Crippen LogP) is 3.30. The molecule has 0 aromatic heterocycles. The highest BCUT2D eigenvalue weighted by molar-refractivity contribution is 5.93. The van der Waals surface area contributed by atoms with E-state index >= 15 is 0 Å². The zero-order valence-corrected chi connectivity index (χ0v) is 14.9. The van der Waals surface area contributed by atoms with Crippen molar-refractivity contribution in [3.8, 4) is 11.5 Å². The monoisotopic (exact) mass is 356 g/mol. The molecule has 0 saturated carbocycles. The van der Waals surface area contributed by atoms with Crippen molar-refractivity contribution < 1.29 is 19.0 Å². The van der Waals surface area contributed by atoms with Gasteiger partial charge in [-0.05, 0) is 49.2 Å². The van der Waals surface area contributed by atoms with E-state index in [1.165, 1.54) is 0 Å². The molecule has 0 aliphatic carbocycles. The maximum absolute atomic E-state index is 12.1. The van der Waals surface area contributed by atoms with Crippen LogP contribution >= 0.6 is 0 Å². The van der Waals surface area contributed by atoms with Crippen molar-refractivity contribution >= 4 is 17.3 Å². The Balaban J connectivity index is 1.46. The van der Waals surface area contributed by atoms with E-state index in [-0.39, 0.29) is 18.6 Å². The number of anilines is 2. The van der Waals surface area contributed by atoms with Crippen molar-refractivity contribution in [1.82, 2.24) is 0 Å². The Bertz CT molecular complexity index is 712. The minimum atomic E-state index is -0.128. The lowest BCUT2D eigenvalue weighted by Gasteiger charge is -2.13. The molecule has 1 fully saturated rings. The van der Waals surface area contributed by atoms with Crippen LogP contribution in [0.1, 0.15) is 12.8 Å². The number of methoxy groups -OCH3 is 1. The molecule has 138 valence electrons. The summed E-state index contributed by atoms with van der Waals surface area (Å²) >= 11 is 0. The van der Waals surface area contributed by atoms with Crippen molar-refractivity contribution in [2.24, 2.45) is 0 Å². The Morgan fingerprint density at radius 2 is 2.00 bits per heavy atom. The number of nitrogens with one attached hydrogen (secondary N) is 2. The second-order valence-corrected chi connectivity index (χ2v) is 6.10. The van der Waals surface area contributed by atoms with Crippen molar-refractivity contribution in [3.05, 3.63) is 48.5 Å². The van der Waals surface area contributed by atoms with Crippen LogP contribution in [-0.4, -0.2) is 38.9 Å². The van der Waals surface area contributed by atoms with E-state index in [0.29, 0.717) is 12.3 Å². The zero-order valence-electron chi connectivity index (χ0n) is 14.9. The molecule has 1 aliphatic heterocycles. The smallest absolute Gasteiger partial charge is 0.243 e. The molecule has 1 atom stereocenters. The third kappa shape index (κ3) is 5.39. The van der Waals surface area contributed by atoms with Crippen LogP contribution in [0.2, 0.25) is 0 Å². The van der Waals surface area contributed by atoms with E-state index in [4.69, 9.17) is 14.2 Å².